The third-order valence-electron chi connectivity index (χ3n) is 5.24. The number of halogens is 3. The summed E-state index contributed by atoms with van der Waals surface area (Å²) in [6, 6.07) is 5.62. The Kier molecular flexibility index (Phi) is 7.02. The largest absolute Gasteiger partial charge is 0.490 e. The van der Waals surface area contributed by atoms with Gasteiger partial charge in [-0.15, -0.1) is 0 Å². The fourth-order valence-electron chi connectivity index (χ4n) is 3.58. The molecule has 0 saturated carbocycles. The first-order chi connectivity index (χ1) is 15.1. The summed E-state index contributed by atoms with van der Waals surface area (Å²) in [5.74, 6) is -1.89. The van der Waals surface area contributed by atoms with Crippen LogP contribution < -0.4 is 4.74 Å². The molecule has 0 aromatic carbocycles. The van der Waals surface area contributed by atoms with Crippen molar-refractivity contribution in [3.05, 3.63) is 42.2 Å². The monoisotopic (exact) mass is 457 g/mol. The number of hydrogen-bond donors (Lipinski definition) is 1. The summed E-state index contributed by atoms with van der Waals surface area (Å²) in [7, 11) is 0. The summed E-state index contributed by atoms with van der Waals surface area (Å²) < 4.78 is 48.9. The number of pyridine rings is 1. The maximum Gasteiger partial charge on any atom is 0.490 e. The first-order valence-electron chi connectivity index (χ1n) is 9.81. The van der Waals surface area contributed by atoms with E-state index in [9.17, 15) is 18.0 Å². The lowest BCUT2D eigenvalue weighted by atomic mass is 9.88. The summed E-state index contributed by atoms with van der Waals surface area (Å²) in [5, 5.41) is 7.12. The molecule has 0 radical (unpaired) electrons. The van der Waals surface area contributed by atoms with Gasteiger partial charge in [-0.1, -0.05) is 6.07 Å². The molecule has 2 aromatic heterocycles. The number of piperidine rings is 1. The number of carbonyl (C=O) groups excluding carboxylic acids is 1. The predicted molar refractivity (Wildman–Crippen MR) is 102 cm³/mol. The van der Waals surface area contributed by atoms with E-state index in [1.54, 1.807) is 13.1 Å². The Morgan fingerprint density at radius 2 is 1.94 bits per heavy atom. The average molecular weight is 457 g/mol. The average Bonchev–Trinajstić information content (AvgIpc) is 3.35. The molecule has 1 amide bonds. The van der Waals surface area contributed by atoms with Crippen LogP contribution in [0, 0.1) is 6.92 Å². The van der Waals surface area contributed by atoms with Gasteiger partial charge in [-0.3, -0.25) is 4.79 Å². The van der Waals surface area contributed by atoms with Crippen LogP contribution in [-0.4, -0.2) is 69.4 Å². The number of hydrogen-bond acceptors (Lipinski definition) is 7. The van der Waals surface area contributed by atoms with Crippen molar-refractivity contribution in [2.24, 2.45) is 0 Å². The summed E-state index contributed by atoms with van der Waals surface area (Å²) >= 11 is 0. The molecule has 2 fully saturated rings. The van der Waals surface area contributed by atoms with E-state index >= 15 is 0 Å². The van der Waals surface area contributed by atoms with E-state index in [0.29, 0.717) is 37.0 Å². The number of oxazole rings is 1. The number of aliphatic carboxylic acids is 1. The number of carboxylic acid groups (broad SMARTS) is 1. The maximum absolute atomic E-state index is 12.5. The van der Waals surface area contributed by atoms with Gasteiger partial charge in [0.15, 0.2) is 6.39 Å². The van der Waals surface area contributed by atoms with E-state index in [0.717, 1.165) is 19.3 Å². The van der Waals surface area contributed by atoms with Crippen molar-refractivity contribution in [2.45, 2.75) is 44.1 Å². The number of rotatable bonds is 3. The lowest BCUT2D eigenvalue weighted by molar-refractivity contribution is -0.192. The van der Waals surface area contributed by atoms with Gasteiger partial charge < -0.3 is 23.9 Å². The number of ether oxygens (including phenoxy) is 2. The molecule has 1 spiro atoms. The first kappa shape index (κ1) is 23.5. The molecule has 32 heavy (non-hydrogen) atoms. The van der Waals surface area contributed by atoms with Gasteiger partial charge in [0.1, 0.15) is 6.10 Å². The molecule has 1 N–H and O–H groups in total. The Labute approximate surface area is 181 Å². The molecule has 2 aromatic rings. The van der Waals surface area contributed by atoms with E-state index in [2.05, 4.69) is 9.97 Å². The van der Waals surface area contributed by atoms with Crippen LogP contribution in [0.2, 0.25) is 0 Å². The number of likely N-dealkylation sites (tertiary alicyclic amines) is 1. The minimum atomic E-state index is -5.08. The third-order valence-corrected chi connectivity index (χ3v) is 5.24. The predicted octanol–water partition coefficient (Wildman–Crippen LogP) is 2.85. The van der Waals surface area contributed by atoms with Gasteiger partial charge >= 0.3 is 12.1 Å². The molecular weight excluding hydrogens is 435 g/mol. The molecule has 174 valence electrons. The lowest BCUT2D eigenvalue weighted by Gasteiger charge is -2.38. The van der Waals surface area contributed by atoms with Gasteiger partial charge in [0.2, 0.25) is 11.6 Å². The van der Waals surface area contributed by atoms with Crippen molar-refractivity contribution in [3.63, 3.8) is 0 Å². The van der Waals surface area contributed by atoms with Crippen LogP contribution in [0.25, 0.3) is 0 Å². The summed E-state index contributed by atoms with van der Waals surface area (Å²) in [6.45, 7) is 3.64. The highest BCUT2D eigenvalue weighted by molar-refractivity contribution is 5.92. The van der Waals surface area contributed by atoms with E-state index in [4.69, 9.17) is 23.8 Å². The molecule has 2 aliphatic heterocycles. The van der Waals surface area contributed by atoms with Crippen molar-refractivity contribution >= 4 is 11.9 Å². The fraction of sp³-hybridized carbons (Fsp3) is 0.500. The molecule has 12 heteroatoms. The van der Waals surface area contributed by atoms with Crippen molar-refractivity contribution in [1.29, 1.82) is 0 Å². The third kappa shape index (κ3) is 5.75. The summed E-state index contributed by atoms with van der Waals surface area (Å²) in [4.78, 5) is 31.4. The van der Waals surface area contributed by atoms with E-state index < -0.39 is 12.1 Å². The van der Waals surface area contributed by atoms with E-state index in [-0.39, 0.29) is 17.6 Å². The number of alkyl halides is 3. The highest BCUT2D eigenvalue weighted by Gasteiger charge is 2.45. The summed E-state index contributed by atoms with van der Waals surface area (Å²) in [6.07, 6.45) is 0.382. The molecular formula is C20H22F3N3O6. The number of nitrogens with zero attached hydrogens (tertiary/aromatic N) is 3. The highest BCUT2D eigenvalue weighted by atomic mass is 19.4. The summed E-state index contributed by atoms with van der Waals surface area (Å²) in [5.41, 5.74) is 0.429. The molecule has 0 bridgehead atoms. The second-order valence-corrected chi connectivity index (χ2v) is 7.47. The number of aromatic nitrogens is 2. The van der Waals surface area contributed by atoms with Gasteiger partial charge in [-0.05, 0) is 25.8 Å². The van der Waals surface area contributed by atoms with Crippen molar-refractivity contribution < 1.29 is 41.8 Å². The van der Waals surface area contributed by atoms with Crippen molar-refractivity contribution in [3.8, 4) is 5.88 Å². The van der Waals surface area contributed by atoms with Gasteiger partial charge in [-0.2, -0.15) is 13.2 Å². The molecule has 2 saturated heterocycles. The van der Waals surface area contributed by atoms with Crippen LogP contribution in [-0.2, 0) is 9.53 Å². The van der Waals surface area contributed by atoms with Gasteiger partial charge in [0.05, 0.1) is 17.9 Å². The maximum atomic E-state index is 12.5. The zero-order valence-electron chi connectivity index (χ0n) is 17.2. The zero-order valence-corrected chi connectivity index (χ0v) is 17.2. The molecule has 4 rings (SSSR count). The molecule has 1 unspecified atom stereocenters. The van der Waals surface area contributed by atoms with Crippen LogP contribution in [0.1, 0.15) is 35.5 Å². The van der Waals surface area contributed by atoms with Crippen LogP contribution in [0.15, 0.2) is 35.2 Å². The number of carbonyl (C=O) groups is 2. The Hall–Kier alpha value is -3.15. The lowest BCUT2D eigenvalue weighted by Crippen LogP contribution is -2.46. The Bertz CT molecular complexity index is 926. The minimum Gasteiger partial charge on any atom is -0.475 e. The standard InChI is InChI=1S/C18H21N3O4.C2HF3O2/c1-13-16(23-12-20-13)17(22)21-8-5-18(6-9-21)10-14(11-24-18)25-15-4-2-3-7-19-15;3-2(4,5)1(6)7/h2-4,7,12,14H,5-6,8-11H2,1H3;(H,6,7). The molecule has 1 atom stereocenters. The van der Waals surface area contributed by atoms with E-state index in [1.807, 2.05) is 23.1 Å². The second kappa shape index (κ2) is 9.55. The Morgan fingerprint density at radius 3 is 2.47 bits per heavy atom. The van der Waals surface area contributed by atoms with Crippen LogP contribution in [0.3, 0.4) is 0 Å². The SMILES string of the molecule is Cc1ncoc1C(=O)N1CCC2(CC1)CC(Oc1ccccn1)CO2.O=C(O)C(F)(F)F. The van der Waals surface area contributed by atoms with Gasteiger partial charge in [0.25, 0.3) is 5.91 Å². The number of aryl methyl sites for hydroxylation is 1. The smallest absolute Gasteiger partial charge is 0.475 e. The molecule has 4 heterocycles. The van der Waals surface area contributed by atoms with Crippen LogP contribution in [0.5, 0.6) is 5.88 Å². The number of amides is 1. The Balaban J connectivity index is 0.000000360. The van der Waals surface area contributed by atoms with Gasteiger partial charge in [-0.25, -0.2) is 14.8 Å². The Morgan fingerprint density at radius 1 is 1.25 bits per heavy atom. The minimum absolute atomic E-state index is 0.00803. The normalized spacial score (nSPS) is 19.9. The second-order valence-electron chi connectivity index (χ2n) is 7.47. The molecule has 2 aliphatic rings. The van der Waals surface area contributed by atoms with E-state index in [1.165, 1.54) is 6.39 Å². The van der Waals surface area contributed by atoms with Gasteiger partial charge in [0, 0.05) is 31.8 Å². The molecule has 0 aliphatic carbocycles. The molecule has 9 nitrogen and oxygen atoms in total. The van der Waals surface area contributed by atoms with Crippen molar-refractivity contribution in [1.82, 2.24) is 14.9 Å². The van der Waals surface area contributed by atoms with Crippen LogP contribution >= 0.6 is 0 Å². The topological polar surface area (TPSA) is 115 Å². The fourth-order valence-corrected chi connectivity index (χ4v) is 3.58. The van der Waals surface area contributed by atoms with Crippen LogP contribution in [0.4, 0.5) is 13.2 Å². The first-order valence-corrected chi connectivity index (χ1v) is 9.81. The highest BCUT2D eigenvalue weighted by Crippen LogP contribution is 2.37. The number of carboxylic acids is 1. The zero-order chi connectivity index (χ0) is 23.4. The quantitative estimate of drug-likeness (QED) is 0.748. The van der Waals surface area contributed by atoms with Crippen molar-refractivity contribution in [2.75, 3.05) is 19.7 Å².